The molecule has 0 saturated heterocycles. The van der Waals surface area contributed by atoms with E-state index in [1.165, 1.54) is 6.92 Å². The van der Waals surface area contributed by atoms with Gasteiger partial charge in [-0.25, -0.2) is 0 Å². The lowest BCUT2D eigenvalue weighted by Crippen LogP contribution is -2.46. The zero-order chi connectivity index (χ0) is 22.9. The molecule has 0 aromatic heterocycles. The minimum absolute atomic E-state index is 0.154. The van der Waals surface area contributed by atoms with Crippen molar-refractivity contribution in [3.05, 3.63) is 88.4 Å². The molecule has 1 unspecified atom stereocenters. The molecule has 162 valence electrons. The number of carboxylic acids is 1. The van der Waals surface area contributed by atoms with Crippen LogP contribution in [0.3, 0.4) is 0 Å². The van der Waals surface area contributed by atoms with Crippen molar-refractivity contribution in [3.8, 4) is 11.5 Å². The lowest BCUT2D eigenvalue weighted by molar-refractivity contribution is -0.142. The van der Waals surface area contributed by atoms with Crippen molar-refractivity contribution in [2.75, 3.05) is 5.32 Å². The van der Waals surface area contributed by atoms with Gasteiger partial charge in [0.2, 0.25) is 0 Å². The van der Waals surface area contributed by atoms with Crippen molar-refractivity contribution in [2.45, 2.75) is 18.9 Å². The molecule has 4 rings (SSSR count). The fourth-order valence-electron chi connectivity index (χ4n) is 3.44. The molecular weight excluding hydrogens is 428 g/mol. The lowest BCUT2D eigenvalue weighted by Gasteiger charge is -2.19. The van der Waals surface area contributed by atoms with E-state index in [9.17, 15) is 9.59 Å². The maximum atomic E-state index is 12.3. The van der Waals surface area contributed by atoms with Crippen LogP contribution in [-0.2, 0) is 16.0 Å². The number of para-hydroxylation sites is 1. The zero-order valence-corrected chi connectivity index (χ0v) is 18.0. The highest BCUT2D eigenvalue weighted by molar-refractivity contribution is 6.35. The molecule has 0 spiro atoms. The second-order valence-electron chi connectivity index (χ2n) is 7.89. The summed E-state index contributed by atoms with van der Waals surface area (Å²) in [6.45, 7) is 1.48. The molecule has 4 N–H and O–H groups in total. The predicted molar refractivity (Wildman–Crippen MR) is 125 cm³/mol. The molecule has 32 heavy (non-hydrogen) atoms. The average Bonchev–Trinajstić information content (AvgIpc) is 3.06. The molecule has 6 nitrogen and oxygen atoms in total. The Bertz CT molecular complexity index is 1230. The summed E-state index contributed by atoms with van der Waals surface area (Å²) in [4.78, 5) is 23.5. The Morgan fingerprint density at radius 2 is 1.88 bits per heavy atom. The number of halogens is 1. The number of amides is 1. The van der Waals surface area contributed by atoms with E-state index < -0.39 is 11.5 Å². The minimum Gasteiger partial charge on any atom is -0.480 e. The van der Waals surface area contributed by atoms with Crippen LogP contribution in [0.25, 0.3) is 11.6 Å². The summed E-state index contributed by atoms with van der Waals surface area (Å²) in [7, 11) is 0. The number of hydrogen-bond donors (Lipinski definition) is 3. The van der Waals surface area contributed by atoms with E-state index in [1.807, 2.05) is 30.3 Å². The van der Waals surface area contributed by atoms with Gasteiger partial charge in [0.1, 0.15) is 17.0 Å². The van der Waals surface area contributed by atoms with Crippen LogP contribution in [0.2, 0.25) is 5.02 Å². The molecule has 1 aliphatic heterocycles. The third kappa shape index (κ3) is 4.51. The first-order valence-corrected chi connectivity index (χ1v) is 10.3. The smallest absolute Gasteiger partial charge is 0.323 e. The molecule has 0 bridgehead atoms. The largest absolute Gasteiger partial charge is 0.480 e. The number of benzene rings is 3. The van der Waals surface area contributed by atoms with Gasteiger partial charge in [0.25, 0.3) is 5.91 Å². The van der Waals surface area contributed by atoms with Crippen LogP contribution >= 0.6 is 11.6 Å². The molecule has 7 heteroatoms. The van der Waals surface area contributed by atoms with Crippen LogP contribution < -0.4 is 15.8 Å². The summed E-state index contributed by atoms with van der Waals surface area (Å²) in [5.74, 6) is -0.190. The summed E-state index contributed by atoms with van der Waals surface area (Å²) in [6.07, 6.45) is 1.99. The Morgan fingerprint density at radius 1 is 1.16 bits per heavy atom. The fraction of sp³-hybridized carbons (Fsp3) is 0.120. The van der Waals surface area contributed by atoms with E-state index in [0.717, 1.165) is 22.4 Å². The van der Waals surface area contributed by atoms with Crippen molar-refractivity contribution in [2.24, 2.45) is 5.73 Å². The lowest BCUT2D eigenvalue weighted by atomic mass is 9.94. The molecule has 0 saturated carbocycles. The minimum atomic E-state index is -1.34. The topological polar surface area (TPSA) is 102 Å². The Kier molecular flexibility index (Phi) is 5.74. The maximum absolute atomic E-state index is 12.3. The van der Waals surface area contributed by atoms with Gasteiger partial charge in [-0.2, -0.15) is 0 Å². The maximum Gasteiger partial charge on any atom is 0.323 e. The Hall–Kier alpha value is -3.61. The average molecular weight is 449 g/mol. The summed E-state index contributed by atoms with van der Waals surface area (Å²) in [5.41, 5.74) is 8.24. The summed E-state index contributed by atoms with van der Waals surface area (Å²) >= 11 is 6.42. The highest BCUT2D eigenvalue weighted by Crippen LogP contribution is 2.35. The third-order valence-electron chi connectivity index (χ3n) is 5.19. The van der Waals surface area contributed by atoms with Gasteiger partial charge in [0, 0.05) is 23.2 Å². The Labute approximate surface area is 190 Å². The van der Waals surface area contributed by atoms with E-state index in [-0.39, 0.29) is 12.3 Å². The SMILES string of the molecule is CC(N)(Cc1ccc(Oc2ccc(C=C3C(=O)Nc4ccccc43)cc2Cl)cc1)C(=O)O. The standard InChI is InChI=1S/C25H21ClN2O4/c1-25(27,24(30)31)14-15-6-9-17(10-7-15)32-22-11-8-16(13-20(22)26)12-19-18-4-2-3-5-21(18)28-23(19)29/h2-13H,14,27H2,1H3,(H,28,29)(H,30,31). The van der Waals surface area contributed by atoms with Crippen molar-refractivity contribution in [1.29, 1.82) is 0 Å². The van der Waals surface area contributed by atoms with E-state index in [1.54, 1.807) is 42.5 Å². The first-order valence-electron chi connectivity index (χ1n) is 9.94. The first kappa shape index (κ1) is 21.6. The van der Waals surface area contributed by atoms with Crippen LogP contribution in [0.1, 0.15) is 23.6 Å². The predicted octanol–water partition coefficient (Wildman–Crippen LogP) is 4.97. The number of ether oxygens (including phenoxy) is 1. The Morgan fingerprint density at radius 3 is 2.56 bits per heavy atom. The van der Waals surface area contributed by atoms with Crippen LogP contribution in [-0.4, -0.2) is 22.5 Å². The number of anilines is 1. The molecule has 1 atom stereocenters. The normalized spacial score (nSPS) is 15.7. The number of carbonyl (C=O) groups excluding carboxylic acids is 1. The second-order valence-corrected chi connectivity index (χ2v) is 8.30. The zero-order valence-electron chi connectivity index (χ0n) is 17.3. The van der Waals surface area contributed by atoms with Crippen LogP contribution in [0.5, 0.6) is 11.5 Å². The number of nitrogens with two attached hydrogens (primary N) is 1. The van der Waals surface area contributed by atoms with Crippen LogP contribution in [0.4, 0.5) is 5.69 Å². The molecule has 1 heterocycles. The molecule has 0 fully saturated rings. The van der Waals surface area contributed by atoms with Gasteiger partial charge in [-0.3, -0.25) is 9.59 Å². The monoisotopic (exact) mass is 448 g/mol. The van der Waals surface area contributed by atoms with Gasteiger partial charge in [-0.15, -0.1) is 0 Å². The summed E-state index contributed by atoms with van der Waals surface area (Å²) in [5, 5.41) is 12.4. The number of carboxylic acid groups (broad SMARTS) is 1. The second kappa shape index (κ2) is 8.49. The number of carbonyl (C=O) groups is 2. The number of nitrogens with one attached hydrogen (secondary N) is 1. The molecule has 0 aliphatic carbocycles. The Balaban J connectivity index is 1.50. The quantitative estimate of drug-likeness (QED) is 0.462. The molecule has 3 aromatic rings. The van der Waals surface area contributed by atoms with Gasteiger partial charge in [0.15, 0.2) is 0 Å². The fourth-order valence-corrected chi connectivity index (χ4v) is 3.67. The van der Waals surface area contributed by atoms with E-state index in [0.29, 0.717) is 22.1 Å². The molecule has 1 amide bonds. The van der Waals surface area contributed by atoms with Crippen LogP contribution in [0.15, 0.2) is 66.7 Å². The highest BCUT2D eigenvalue weighted by atomic mass is 35.5. The van der Waals surface area contributed by atoms with E-state index in [2.05, 4.69) is 5.32 Å². The number of rotatable bonds is 6. The molecular formula is C25H21ClN2O4. The molecule has 3 aromatic carbocycles. The third-order valence-corrected chi connectivity index (χ3v) is 5.48. The van der Waals surface area contributed by atoms with Gasteiger partial charge in [-0.05, 0) is 54.5 Å². The highest BCUT2D eigenvalue weighted by Gasteiger charge is 2.28. The van der Waals surface area contributed by atoms with Gasteiger partial charge in [-0.1, -0.05) is 48.0 Å². The van der Waals surface area contributed by atoms with Gasteiger partial charge < -0.3 is 20.9 Å². The van der Waals surface area contributed by atoms with Crippen molar-refractivity contribution in [3.63, 3.8) is 0 Å². The van der Waals surface area contributed by atoms with Crippen molar-refractivity contribution in [1.82, 2.24) is 0 Å². The van der Waals surface area contributed by atoms with E-state index >= 15 is 0 Å². The number of aliphatic carboxylic acids is 1. The van der Waals surface area contributed by atoms with Crippen molar-refractivity contribution < 1.29 is 19.4 Å². The number of hydrogen-bond acceptors (Lipinski definition) is 4. The van der Waals surface area contributed by atoms with Gasteiger partial charge >= 0.3 is 5.97 Å². The van der Waals surface area contributed by atoms with Gasteiger partial charge in [0.05, 0.1) is 5.02 Å². The number of fused-ring (bicyclic) bond motifs is 1. The van der Waals surface area contributed by atoms with Crippen LogP contribution in [0, 0.1) is 0 Å². The summed E-state index contributed by atoms with van der Waals surface area (Å²) < 4.78 is 5.86. The molecule has 0 radical (unpaired) electrons. The van der Waals surface area contributed by atoms with E-state index in [4.69, 9.17) is 27.2 Å². The molecule has 1 aliphatic rings. The van der Waals surface area contributed by atoms with Crippen molar-refractivity contribution >= 4 is 40.8 Å². The first-order chi connectivity index (χ1) is 15.2. The summed E-state index contributed by atoms with van der Waals surface area (Å²) in [6, 6.07) is 19.8.